The molecule has 1 N–H and O–H groups in total. The quantitative estimate of drug-likeness (QED) is 0.628. The first-order valence-electron chi connectivity index (χ1n) is 4.42. The van der Waals surface area contributed by atoms with Crippen LogP contribution in [0.2, 0.25) is 0 Å². The Morgan fingerprint density at radius 2 is 2.13 bits per heavy atom. The van der Waals surface area contributed by atoms with Gasteiger partial charge in [0.25, 0.3) is 0 Å². The second-order valence-electron chi connectivity index (χ2n) is 3.25. The third-order valence-electron chi connectivity index (χ3n) is 2.36. The average molecular weight is 220 g/mol. The van der Waals surface area contributed by atoms with E-state index in [4.69, 9.17) is 11.8 Å². The fraction of sp³-hybridized carbons (Fsp3) is 0. The lowest BCUT2D eigenvalue weighted by molar-refractivity contribution is 1.14. The lowest BCUT2D eigenvalue weighted by Crippen LogP contribution is -2.07. The third kappa shape index (κ3) is 1.08. The van der Waals surface area contributed by atoms with Crippen LogP contribution in [0.4, 0.5) is 0 Å². The molecule has 0 radical (unpaired) electrons. The zero-order chi connectivity index (χ0) is 10.4. The molecule has 0 aliphatic carbocycles. The van der Waals surface area contributed by atoms with E-state index < -0.39 is 0 Å². The van der Waals surface area contributed by atoms with E-state index >= 15 is 0 Å². The summed E-state index contributed by atoms with van der Waals surface area (Å²) >= 11 is 5.87. The minimum absolute atomic E-state index is 0.343. The molecular weight excluding hydrogens is 214 g/mol. The molecule has 0 atom stereocenters. The Balaban J connectivity index is 2.69. The van der Waals surface area contributed by atoms with Gasteiger partial charge in [0.15, 0.2) is 0 Å². The van der Waals surface area contributed by atoms with Crippen LogP contribution in [0.15, 0.2) is 35.3 Å². The van der Waals surface area contributed by atoms with E-state index in [1.54, 1.807) is 6.20 Å². The number of rotatable bonds is 0. The van der Waals surface area contributed by atoms with Gasteiger partial charge in [-0.1, -0.05) is 18.2 Å². The Labute approximate surface area is 89.2 Å². The Morgan fingerprint density at radius 3 is 3.00 bits per heavy atom. The molecule has 0 unspecified atom stereocenters. The second-order valence-corrected chi connectivity index (χ2v) is 3.59. The van der Waals surface area contributed by atoms with Gasteiger partial charge in [0.1, 0.15) is 0 Å². The van der Waals surface area contributed by atoms with Crippen molar-refractivity contribution in [3.05, 3.63) is 40.9 Å². The molecule has 0 bridgehead atoms. The number of fused-ring (bicyclic) bond motifs is 3. The second kappa shape index (κ2) is 2.84. The minimum Gasteiger partial charge on any atom is -0.303 e. The van der Waals surface area contributed by atoms with Gasteiger partial charge < -0.3 is 4.98 Å². The van der Waals surface area contributed by atoms with Crippen molar-refractivity contribution in [2.24, 2.45) is 0 Å². The average Bonchev–Trinajstić information content (AvgIpc) is 2.55. The summed E-state index contributed by atoms with van der Waals surface area (Å²) < 4.78 is 1.08. The largest absolute Gasteiger partial charge is 0.341 e. The number of hydrogen-bond donors (Lipinski definition) is 1. The highest BCUT2D eigenvalue weighted by Crippen LogP contribution is 2.21. The molecule has 0 aliphatic rings. The van der Waals surface area contributed by atoms with Gasteiger partial charge in [-0.25, -0.2) is 8.88 Å². The Bertz CT molecular complexity index is 713. The van der Waals surface area contributed by atoms with Crippen molar-refractivity contribution in [3.63, 3.8) is 0 Å². The number of benzene rings is 1. The number of imidazole rings is 1. The van der Waals surface area contributed by atoms with Crippen LogP contribution < -0.4 is 5.69 Å². The molecule has 0 spiro atoms. The van der Waals surface area contributed by atoms with Crippen LogP contribution in [0.5, 0.6) is 0 Å². The van der Waals surface area contributed by atoms with E-state index in [0.717, 1.165) is 15.0 Å². The van der Waals surface area contributed by atoms with Crippen molar-refractivity contribution in [1.82, 2.24) is 14.1 Å². The molecule has 0 amide bonds. The first-order valence-corrected chi connectivity index (χ1v) is 4.76. The van der Waals surface area contributed by atoms with E-state index in [0.29, 0.717) is 11.0 Å². The molecule has 0 aliphatic heterocycles. The molecule has 3 rings (SSSR count). The minimum atomic E-state index is -0.343. The van der Waals surface area contributed by atoms with Crippen molar-refractivity contribution in [2.45, 2.75) is 0 Å². The summed E-state index contributed by atoms with van der Waals surface area (Å²) in [7, 11) is 0. The van der Waals surface area contributed by atoms with Gasteiger partial charge in [-0.05, 0) is 6.07 Å². The van der Waals surface area contributed by atoms with Crippen molar-refractivity contribution in [2.75, 3.05) is 0 Å². The Kier molecular flexibility index (Phi) is 1.61. The summed E-state index contributed by atoms with van der Waals surface area (Å²) in [6.07, 6.45) is 1.61. The predicted octanol–water partition coefficient (Wildman–Crippen LogP) is 1.88. The van der Waals surface area contributed by atoms with Crippen LogP contribution in [0.3, 0.4) is 0 Å². The normalized spacial score (nSPS) is 11.3. The highest BCUT2D eigenvalue weighted by atomic mass is 35.5. The molecule has 0 fully saturated rings. The summed E-state index contributed by atoms with van der Waals surface area (Å²) in [5, 5.41) is 0.864. The van der Waals surface area contributed by atoms with E-state index in [1.165, 1.54) is 0 Å². The molecule has 5 heteroatoms. The molecule has 0 saturated carbocycles. The molecule has 0 saturated heterocycles. The van der Waals surface area contributed by atoms with Crippen LogP contribution in [0, 0.1) is 0 Å². The SMILES string of the molecule is O=c1[nH]c2cnc3ccccc3c2n1Cl. The Morgan fingerprint density at radius 1 is 1.33 bits per heavy atom. The van der Waals surface area contributed by atoms with E-state index in [9.17, 15) is 4.79 Å². The summed E-state index contributed by atoms with van der Waals surface area (Å²) in [5.74, 6) is 0. The van der Waals surface area contributed by atoms with Crippen molar-refractivity contribution in [1.29, 1.82) is 0 Å². The summed E-state index contributed by atoms with van der Waals surface area (Å²) in [5.41, 5.74) is 1.80. The van der Waals surface area contributed by atoms with E-state index in [2.05, 4.69) is 9.97 Å². The highest BCUT2D eigenvalue weighted by molar-refractivity contribution is 6.21. The first-order chi connectivity index (χ1) is 7.27. The van der Waals surface area contributed by atoms with Crippen LogP contribution in [0.25, 0.3) is 21.9 Å². The maximum absolute atomic E-state index is 11.3. The zero-order valence-corrected chi connectivity index (χ0v) is 8.32. The van der Waals surface area contributed by atoms with Gasteiger partial charge >= 0.3 is 5.69 Å². The number of aromatic amines is 1. The number of H-pyrrole nitrogens is 1. The monoisotopic (exact) mass is 219 g/mol. The van der Waals surface area contributed by atoms with Gasteiger partial charge in [0.2, 0.25) is 0 Å². The van der Waals surface area contributed by atoms with Crippen molar-refractivity contribution >= 4 is 33.7 Å². The molecular formula is C10H6ClN3O. The van der Waals surface area contributed by atoms with Crippen LogP contribution in [0.1, 0.15) is 0 Å². The molecule has 2 aromatic heterocycles. The number of para-hydroxylation sites is 1. The fourth-order valence-electron chi connectivity index (χ4n) is 1.70. The van der Waals surface area contributed by atoms with Crippen LogP contribution >= 0.6 is 11.8 Å². The maximum Gasteiger partial charge on any atom is 0.341 e. The number of nitrogens with one attached hydrogen (secondary N) is 1. The Hall–Kier alpha value is -1.81. The molecule has 74 valence electrons. The summed E-state index contributed by atoms with van der Waals surface area (Å²) in [4.78, 5) is 18.2. The molecule has 3 aromatic rings. The van der Waals surface area contributed by atoms with Crippen molar-refractivity contribution < 1.29 is 0 Å². The number of nitrogens with zero attached hydrogens (tertiary/aromatic N) is 2. The van der Waals surface area contributed by atoms with Gasteiger partial charge in [-0.3, -0.25) is 4.98 Å². The standard InChI is InChI=1S/C10H6ClN3O/c11-14-9-6-3-1-2-4-7(6)12-5-8(9)13-10(14)15/h1-5H,(H,13,15). The van der Waals surface area contributed by atoms with E-state index in [1.807, 2.05) is 24.3 Å². The lowest BCUT2D eigenvalue weighted by atomic mass is 10.2. The van der Waals surface area contributed by atoms with Gasteiger partial charge in [-0.15, -0.1) is 0 Å². The van der Waals surface area contributed by atoms with E-state index in [-0.39, 0.29) is 5.69 Å². The number of pyridine rings is 1. The summed E-state index contributed by atoms with van der Waals surface area (Å²) in [6, 6.07) is 7.54. The van der Waals surface area contributed by atoms with Gasteiger partial charge in [0.05, 0.1) is 22.7 Å². The predicted molar refractivity (Wildman–Crippen MR) is 59.1 cm³/mol. The van der Waals surface area contributed by atoms with Gasteiger partial charge in [0, 0.05) is 17.2 Å². The first kappa shape index (κ1) is 8.49. The molecule has 4 nitrogen and oxygen atoms in total. The molecule has 15 heavy (non-hydrogen) atoms. The molecule has 1 aromatic carbocycles. The lowest BCUT2D eigenvalue weighted by Gasteiger charge is -1.98. The smallest absolute Gasteiger partial charge is 0.303 e. The van der Waals surface area contributed by atoms with Crippen molar-refractivity contribution in [3.8, 4) is 0 Å². The van der Waals surface area contributed by atoms with Crippen LogP contribution in [-0.2, 0) is 0 Å². The molecule has 2 heterocycles. The topological polar surface area (TPSA) is 50.7 Å². The summed E-state index contributed by atoms with van der Waals surface area (Å²) in [6.45, 7) is 0. The van der Waals surface area contributed by atoms with Gasteiger partial charge in [-0.2, -0.15) is 0 Å². The fourth-order valence-corrected chi connectivity index (χ4v) is 1.92. The zero-order valence-electron chi connectivity index (χ0n) is 7.57. The number of halogens is 1. The third-order valence-corrected chi connectivity index (χ3v) is 2.69. The van der Waals surface area contributed by atoms with Crippen LogP contribution in [-0.4, -0.2) is 14.1 Å². The number of hydrogen-bond acceptors (Lipinski definition) is 2. The highest BCUT2D eigenvalue weighted by Gasteiger charge is 2.08. The number of aromatic nitrogens is 3. The maximum atomic E-state index is 11.3.